The Kier molecular flexibility index (Phi) is 16.2. The molecule has 0 fully saturated rings. The lowest BCUT2D eigenvalue weighted by atomic mass is 10.00. The number of para-hydroxylation sites is 2. The number of anilines is 4. The first-order valence-corrected chi connectivity index (χ1v) is 25.3. The summed E-state index contributed by atoms with van der Waals surface area (Å²) in [7, 11) is 0. The van der Waals surface area contributed by atoms with E-state index < -0.39 is 23.3 Å². The van der Waals surface area contributed by atoms with Crippen LogP contribution in [0.25, 0.3) is 21.5 Å². The molecule has 9 aromatic rings. The zero-order chi connectivity index (χ0) is 54.7. The molecule has 9 rings (SSSR count). The quantitative estimate of drug-likeness (QED) is 0.0452. The molecular formula is C62H54N8O8. The maximum absolute atomic E-state index is 14.3. The summed E-state index contributed by atoms with van der Waals surface area (Å²) >= 11 is 0. The van der Waals surface area contributed by atoms with E-state index in [1.807, 2.05) is 64.1 Å². The Morgan fingerprint density at radius 1 is 0.423 bits per heavy atom. The van der Waals surface area contributed by atoms with Gasteiger partial charge in [0.05, 0.1) is 35.7 Å². The molecule has 0 bridgehead atoms. The van der Waals surface area contributed by atoms with E-state index in [0.29, 0.717) is 93.0 Å². The standard InChI is InChI=1S/C62H54N8O8/c1-5-37-33-54(66-62(76)52-32-40-20-16-18-26-50(40)56(58(52)72)70-68-46-28-42(30-48(36-46)78-8-4)60(74)64-44-23-13-10-14-24-44)38(6-2)34-53(37)65-61(75)51-31-39-19-15-17-25-49(39)55(57(51)71)69-67-45-27-41(29-47(35-45)77-7-3)59(73)63-43-21-11-9-12-22-43/h9-36,71-72H,5-8H2,1-4H3,(H,63,73)(H,64,74)(H,65,75)(H,66,76). The number of nitrogens with zero attached hydrogens (tertiary/aromatic N) is 4. The van der Waals surface area contributed by atoms with E-state index in [1.54, 1.807) is 133 Å². The van der Waals surface area contributed by atoms with E-state index in [-0.39, 0.29) is 56.8 Å². The van der Waals surface area contributed by atoms with Gasteiger partial charge >= 0.3 is 0 Å². The van der Waals surface area contributed by atoms with Crippen molar-refractivity contribution in [2.45, 2.75) is 40.5 Å². The molecule has 0 saturated heterocycles. The fourth-order valence-corrected chi connectivity index (χ4v) is 8.78. The van der Waals surface area contributed by atoms with Crippen LogP contribution in [0.2, 0.25) is 0 Å². The second-order valence-corrected chi connectivity index (χ2v) is 17.8. The molecule has 0 atom stereocenters. The molecule has 0 unspecified atom stereocenters. The molecule has 0 radical (unpaired) electrons. The minimum atomic E-state index is -0.625. The molecule has 9 aromatic carbocycles. The third-order valence-corrected chi connectivity index (χ3v) is 12.6. The third kappa shape index (κ3) is 12.0. The molecule has 6 N–H and O–H groups in total. The largest absolute Gasteiger partial charge is 0.505 e. The van der Waals surface area contributed by atoms with Crippen molar-refractivity contribution in [3.8, 4) is 23.0 Å². The van der Waals surface area contributed by atoms with Crippen molar-refractivity contribution in [2.24, 2.45) is 20.5 Å². The van der Waals surface area contributed by atoms with Crippen molar-refractivity contribution < 1.29 is 38.9 Å². The molecule has 390 valence electrons. The first-order valence-electron chi connectivity index (χ1n) is 25.3. The summed E-state index contributed by atoms with van der Waals surface area (Å²) in [6.07, 6.45) is 0.868. The Morgan fingerprint density at radius 3 is 1.19 bits per heavy atom. The highest BCUT2D eigenvalue weighted by atomic mass is 16.5. The summed E-state index contributed by atoms with van der Waals surface area (Å²) in [6.45, 7) is 8.12. The van der Waals surface area contributed by atoms with Gasteiger partial charge in [0.15, 0.2) is 11.5 Å². The van der Waals surface area contributed by atoms with Gasteiger partial charge in [-0.3, -0.25) is 19.2 Å². The second kappa shape index (κ2) is 24.0. The molecule has 16 nitrogen and oxygen atoms in total. The maximum Gasteiger partial charge on any atom is 0.259 e. The molecule has 0 aliphatic rings. The van der Waals surface area contributed by atoms with Gasteiger partial charge in [0.1, 0.15) is 22.9 Å². The molecule has 0 aromatic heterocycles. The molecule has 16 heteroatoms. The van der Waals surface area contributed by atoms with Crippen molar-refractivity contribution >= 4 is 90.7 Å². The predicted octanol–water partition coefficient (Wildman–Crippen LogP) is 15.2. The Bertz CT molecular complexity index is 3560. The first-order chi connectivity index (χ1) is 37.9. The minimum Gasteiger partial charge on any atom is -0.505 e. The summed E-state index contributed by atoms with van der Waals surface area (Å²) in [4.78, 5) is 55.4. The Labute approximate surface area is 449 Å². The van der Waals surface area contributed by atoms with E-state index in [0.717, 1.165) is 0 Å². The van der Waals surface area contributed by atoms with Crippen LogP contribution in [-0.4, -0.2) is 47.1 Å². The topological polar surface area (TPSA) is 225 Å². The molecule has 4 amide bonds. The Hall–Kier alpha value is -10.2. The summed E-state index contributed by atoms with van der Waals surface area (Å²) in [5.41, 5.74) is 4.48. The van der Waals surface area contributed by atoms with Crippen LogP contribution in [0.5, 0.6) is 23.0 Å². The number of phenols is 2. The van der Waals surface area contributed by atoms with Crippen LogP contribution in [0.15, 0.2) is 190 Å². The highest BCUT2D eigenvalue weighted by Gasteiger charge is 2.23. The number of fused-ring (bicyclic) bond motifs is 2. The number of benzene rings is 9. The van der Waals surface area contributed by atoms with Gasteiger partial charge in [-0.2, -0.15) is 10.2 Å². The van der Waals surface area contributed by atoms with Gasteiger partial charge in [0.2, 0.25) is 0 Å². The molecule has 0 heterocycles. The van der Waals surface area contributed by atoms with Crippen LogP contribution < -0.4 is 30.7 Å². The van der Waals surface area contributed by atoms with Crippen LogP contribution in [0.1, 0.15) is 80.3 Å². The fraction of sp³-hybridized carbons (Fsp3) is 0.129. The SMILES string of the molecule is CCOc1cc(N=Nc2c(O)c(C(=O)Nc3cc(CC)c(NC(=O)c4cc5ccccc5c(N=Nc5cc(OCC)cc(C(=O)Nc6ccccc6)c5)c4O)cc3CC)cc3ccccc23)cc(C(=O)Nc2ccccc2)c1. The smallest absolute Gasteiger partial charge is 0.259 e. The number of azo groups is 2. The van der Waals surface area contributed by atoms with Crippen molar-refractivity contribution in [1.29, 1.82) is 0 Å². The molecule has 0 spiro atoms. The van der Waals surface area contributed by atoms with Crippen LogP contribution in [0.4, 0.5) is 45.5 Å². The summed E-state index contributed by atoms with van der Waals surface area (Å²) in [5, 5.41) is 55.5. The zero-order valence-corrected chi connectivity index (χ0v) is 43.1. The van der Waals surface area contributed by atoms with E-state index in [2.05, 4.69) is 41.7 Å². The molecule has 78 heavy (non-hydrogen) atoms. The second-order valence-electron chi connectivity index (χ2n) is 17.8. The van der Waals surface area contributed by atoms with Crippen LogP contribution >= 0.6 is 0 Å². The van der Waals surface area contributed by atoms with Crippen molar-refractivity contribution in [1.82, 2.24) is 0 Å². The van der Waals surface area contributed by atoms with Gasteiger partial charge in [-0.25, -0.2) is 0 Å². The number of nitrogens with one attached hydrogen (secondary N) is 4. The first kappa shape index (κ1) is 52.6. The van der Waals surface area contributed by atoms with E-state index in [1.165, 1.54) is 0 Å². The molecule has 0 saturated carbocycles. The molecule has 0 aliphatic heterocycles. The monoisotopic (exact) mass is 1040 g/mol. The summed E-state index contributed by atoms with van der Waals surface area (Å²) in [6, 6.07) is 48.6. The van der Waals surface area contributed by atoms with E-state index >= 15 is 0 Å². The number of carbonyl (C=O) groups is 4. The summed E-state index contributed by atoms with van der Waals surface area (Å²) in [5.74, 6) is -2.08. The third-order valence-electron chi connectivity index (χ3n) is 12.6. The van der Waals surface area contributed by atoms with Gasteiger partial charge in [-0.05, 0) is 121 Å². The predicted molar refractivity (Wildman–Crippen MR) is 305 cm³/mol. The van der Waals surface area contributed by atoms with Crippen molar-refractivity contribution in [2.75, 3.05) is 34.5 Å². The number of aryl methyl sites for hydroxylation is 2. The van der Waals surface area contributed by atoms with Gasteiger partial charge in [-0.15, -0.1) is 10.2 Å². The number of hydrogen-bond donors (Lipinski definition) is 6. The van der Waals surface area contributed by atoms with Crippen LogP contribution in [0.3, 0.4) is 0 Å². The van der Waals surface area contributed by atoms with Gasteiger partial charge in [-0.1, -0.05) is 98.8 Å². The summed E-state index contributed by atoms with van der Waals surface area (Å²) < 4.78 is 11.5. The normalized spacial score (nSPS) is 11.2. The molecule has 0 aliphatic carbocycles. The maximum atomic E-state index is 14.3. The average molecular weight is 1040 g/mol. The molecular weight excluding hydrogens is 985 g/mol. The highest BCUT2D eigenvalue weighted by Crippen LogP contribution is 2.42. The number of carbonyl (C=O) groups excluding carboxylic acids is 4. The van der Waals surface area contributed by atoms with Gasteiger partial charge in [0.25, 0.3) is 23.6 Å². The lowest BCUT2D eigenvalue weighted by Gasteiger charge is -2.18. The van der Waals surface area contributed by atoms with Gasteiger partial charge in [0, 0.05) is 56.8 Å². The Balaban J connectivity index is 0.985. The van der Waals surface area contributed by atoms with E-state index in [9.17, 15) is 29.4 Å². The average Bonchev–Trinajstić information content (AvgIpc) is 3.55. The number of hydrogen-bond acceptors (Lipinski definition) is 12. The fourth-order valence-electron chi connectivity index (χ4n) is 8.78. The lowest BCUT2D eigenvalue weighted by molar-refractivity contribution is 0.101. The van der Waals surface area contributed by atoms with Crippen molar-refractivity contribution in [3.05, 3.63) is 203 Å². The van der Waals surface area contributed by atoms with Crippen LogP contribution in [-0.2, 0) is 12.8 Å². The number of ether oxygens (including phenoxy) is 2. The minimum absolute atomic E-state index is 0.0356. The number of rotatable bonds is 18. The number of aromatic hydroxyl groups is 2. The Morgan fingerprint density at radius 2 is 0.808 bits per heavy atom. The number of phenolic OH excluding ortho intramolecular Hbond substituents is 2. The zero-order valence-electron chi connectivity index (χ0n) is 43.1. The van der Waals surface area contributed by atoms with E-state index in [4.69, 9.17) is 9.47 Å². The van der Waals surface area contributed by atoms with Crippen molar-refractivity contribution in [3.63, 3.8) is 0 Å². The van der Waals surface area contributed by atoms with Gasteiger partial charge < -0.3 is 41.0 Å². The lowest BCUT2D eigenvalue weighted by Crippen LogP contribution is -2.16. The van der Waals surface area contributed by atoms with Crippen LogP contribution in [0, 0.1) is 0 Å². The highest BCUT2D eigenvalue weighted by molar-refractivity contribution is 6.14. The number of amides is 4.